The molecule has 0 aliphatic heterocycles. The number of nitrogens with one attached hydrogen (secondary N) is 3. The number of hydrogen-bond donors (Lipinski definition) is 3. The van der Waals surface area contributed by atoms with Gasteiger partial charge >= 0.3 is 0 Å². The molecule has 0 saturated carbocycles. The summed E-state index contributed by atoms with van der Waals surface area (Å²) < 4.78 is 0. The van der Waals surface area contributed by atoms with Crippen LogP contribution in [0.5, 0.6) is 0 Å². The molecule has 0 radical (unpaired) electrons. The van der Waals surface area contributed by atoms with Crippen LogP contribution >= 0.6 is 0 Å². The molecular weight excluding hydrogens is 218 g/mol. The van der Waals surface area contributed by atoms with Gasteiger partial charge in [-0.2, -0.15) is 0 Å². The molecule has 2 atom stereocenters. The van der Waals surface area contributed by atoms with Crippen LogP contribution in [0.2, 0.25) is 0 Å². The lowest BCUT2D eigenvalue weighted by Crippen LogP contribution is -2.55. The first-order valence-corrected chi connectivity index (χ1v) is 6.04. The molecule has 0 fully saturated rings. The second kappa shape index (κ2) is 7.27. The van der Waals surface area contributed by atoms with Gasteiger partial charge in [0, 0.05) is 7.05 Å². The molecule has 0 aromatic carbocycles. The zero-order valence-electron chi connectivity index (χ0n) is 11.6. The van der Waals surface area contributed by atoms with Crippen molar-refractivity contribution in [3.8, 4) is 0 Å². The van der Waals surface area contributed by atoms with E-state index in [2.05, 4.69) is 16.0 Å². The summed E-state index contributed by atoms with van der Waals surface area (Å²) in [4.78, 5) is 23.6. The summed E-state index contributed by atoms with van der Waals surface area (Å²) in [5, 5.41) is 8.31. The zero-order chi connectivity index (χ0) is 13.6. The van der Waals surface area contributed by atoms with E-state index in [0.29, 0.717) is 0 Å². The molecular formula is C12H25N3O2. The van der Waals surface area contributed by atoms with E-state index in [4.69, 9.17) is 0 Å². The first-order chi connectivity index (χ1) is 7.84. The van der Waals surface area contributed by atoms with Crippen molar-refractivity contribution in [1.82, 2.24) is 16.0 Å². The van der Waals surface area contributed by atoms with E-state index in [9.17, 15) is 9.59 Å². The van der Waals surface area contributed by atoms with Crippen molar-refractivity contribution < 1.29 is 9.59 Å². The molecule has 5 heteroatoms. The molecule has 0 aliphatic carbocycles. The minimum Gasteiger partial charge on any atom is -0.357 e. The quantitative estimate of drug-likeness (QED) is 0.620. The van der Waals surface area contributed by atoms with Gasteiger partial charge in [0.2, 0.25) is 11.8 Å². The molecule has 0 aromatic heterocycles. The molecule has 0 heterocycles. The van der Waals surface area contributed by atoms with Crippen LogP contribution < -0.4 is 16.0 Å². The molecule has 0 aliphatic rings. The number of likely N-dealkylation sites (N-methyl/N-ethyl adjacent to an activating group) is 2. The van der Waals surface area contributed by atoms with Gasteiger partial charge in [-0.1, -0.05) is 27.7 Å². The van der Waals surface area contributed by atoms with E-state index in [0.717, 1.165) is 0 Å². The Morgan fingerprint density at radius 2 is 1.29 bits per heavy atom. The van der Waals surface area contributed by atoms with E-state index in [-0.39, 0.29) is 29.7 Å². The standard InChI is InChI=1S/C12H25N3O2/c1-7(2)9(13-5)12(17)15-10(8(3)4)11(16)14-6/h7-10,13H,1-6H3,(H,14,16)(H,15,17). The lowest BCUT2D eigenvalue weighted by molar-refractivity contribution is -0.131. The van der Waals surface area contributed by atoms with E-state index in [1.807, 2.05) is 27.7 Å². The molecule has 0 saturated heterocycles. The fraction of sp³-hybridized carbons (Fsp3) is 0.833. The fourth-order valence-corrected chi connectivity index (χ4v) is 1.70. The predicted molar refractivity (Wildman–Crippen MR) is 68.5 cm³/mol. The van der Waals surface area contributed by atoms with Gasteiger partial charge in [0.25, 0.3) is 0 Å². The number of amides is 2. The highest BCUT2D eigenvalue weighted by Crippen LogP contribution is 2.05. The molecule has 0 spiro atoms. The molecule has 100 valence electrons. The first kappa shape index (κ1) is 15.9. The predicted octanol–water partition coefficient (Wildman–Crippen LogP) is 0.117. The van der Waals surface area contributed by atoms with Crippen LogP contribution in [0.25, 0.3) is 0 Å². The van der Waals surface area contributed by atoms with Crippen molar-refractivity contribution in [1.29, 1.82) is 0 Å². The molecule has 3 N–H and O–H groups in total. The lowest BCUT2D eigenvalue weighted by atomic mass is 10.00. The van der Waals surface area contributed by atoms with Crippen molar-refractivity contribution in [3.05, 3.63) is 0 Å². The molecule has 0 bridgehead atoms. The van der Waals surface area contributed by atoms with Gasteiger partial charge in [0.1, 0.15) is 6.04 Å². The largest absolute Gasteiger partial charge is 0.357 e. The Kier molecular flexibility index (Phi) is 6.80. The minimum atomic E-state index is -0.484. The average Bonchev–Trinajstić information content (AvgIpc) is 2.24. The molecule has 5 nitrogen and oxygen atoms in total. The Morgan fingerprint density at radius 1 is 0.824 bits per heavy atom. The maximum atomic E-state index is 12.0. The summed E-state index contributed by atoms with van der Waals surface area (Å²) >= 11 is 0. The maximum Gasteiger partial charge on any atom is 0.242 e. The van der Waals surface area contributed by atoms with E-state index < -0.39 is 6.04 Å². The van der Waals surface area contributed by atoms with Gasteiger partial charge in [-0.15, -0.1) is 0 Å². The van der Waals surface area contributed by atoms with E-state index in [1.165, 1.54) is 0 Å². The summed E-state index contributed by atoms with van der Waals surface area (Å²) in [6.07, 6.45) is 0. The highest BCUT2D eigenvalue weighted by molar-refractivity contribution is 5.89. The van der Waals surface area contributed by atoms with Crippen LogP contribution in [0.4, 0.5) is 0 Å². The number of carbonyl (C=O) groups is 2. The van der Waals surface area contributed by atoms with Gasteiger partial charge in [-0.3, -0.25) is 9.59 Å². The minimum absolute atomic E-state index is 0.0589. The van der Waals surface area contributed by atoms with Crippen LogP contribution in [0, 0.1) is 11.8 Å². The smallest absolute Gasteiger partial charge is 0.242 e. The Labute approximate surface area is 104 Å². The first-order valence-electron chi connectivity index (χ1n) is 6.04. The molecule has 0 aromatic rings. The van der Waals surface area contributed by atoms with Crippen molar-refractivity contribution in [2.45, 2.75) is 39.8 Å². The topological polar surface area (TPSA) is 70.2 Å². The van der Waals surface area contributed by atoms with Crippen molar-refractivity contribution in [2.24, 2.45) is 11.8 Å². The van der Waals surface area contributed by atoms with Crippen molar-refractivity contribution in [3.63, 3.8) is 0 Å². The number of carbonyl (C=O) groups excluding carboxylic acids is 2. The normalized spacial score (nSPS) is 14.6. The summed E-state index contributed by atoms with van der Waals surface area (Å²) in [5.74, 6) is -0.0576. The Hall–Kier alpha value is -1.10. The summed E-state index contributed by atoms with van der Waals surface area (Å²) in [6.45, 7) is 7.74. The third-order valence-electron chi connectivity index (χ3n) is 2.75. The monoisotopic (exact) mass is 243 g/mol. The number of rotatable bonds is 6. The van der Waals surface area contributed by atoms with Gasteiger partial charge in [0.05, 0.1) is 6.04 Å². The molecule has 2 unspecified atom stereocenters. The average molecular weight is 243 g/mol. The van der Waals surface area contributed by atoms with Gasteiger partial charge in [0.15, 0.2) is 0 Å². The van der Waals surface area contributed by atoms with Crippen molar-refractivity contribution >= 4 is 11.8 Å². The molecule has 2 amide bonds. The second-order valence-electron chi connectivity index (χ2n) is 4.85. The molecule has 0 rings (SSSR count). The van der Waals surface area contributed by atoms with Gasteiger partial charge in [-0.05, 0) is 18.9 Å². The second-order valence-corrected chi connectivity index (χ2v) is 4.85. The van der Waals surface area contributed by atoms with Gasteiger partial charge in [-0.25, -0.2) is 0 Å². The zero-order valence-corrected chi connectivity index (χ0v) is 11.6. The Bertz CT molecular complexity index is 264. The Morgan fingerprint density at radius 3 is 1.59 bits per heavy atom. The van der Waals surface area contributed by atoms with Gasteiger partial charge < -0.3 is 16.0 Å². The molecule has 17 heavy (non-hydrogen) atoms. The Balaban J connectivity index is 4.65. The van der Waals surface area contributed by atoms with E-state index >= 15 is 0 Å². The van der Waals surface area contributed by atoms with E-state index in [1.54, 1.807) is 14.1 Å². The number of hydrogen-bond acceptors (Lipinski definition) is 3. The summed E-state index contributed by atoms with van der Waals surface area (Å²) in [5.41, 5.74) is 0. The fourth-order valence-electron chi connectivity index (χ4n) is 1.70. The van der Waals surface area contributed by atoms with Crippen LogP contribution in [0.15, 0.2) is 0 Å². The third-order valence-corrected chi connectivity index (χ3v) is 2.75. The summed E-state index contributed by atoms with van der Waals surface area (Å²) in [7, 11) is 3.32. The lowest BCUT2D eigenvalue weighted by Gasteiger charge is -2.25. The van der Waals surface area contributed by atoms with Crippen LogP contribution in [0.1, 0.15) is 27.7 Å². The highest BCUT2D eigenvalue weighted by atomic mass is 16.2. The van der Waals surface area contributed by atoms with Crippen LogP contribution in [0.3, 0.4) is 0 Å². The summed E-state index contributed by atoms with van der Waals surface area (Å²) in [6, 6.07) is -0.761. The highest BCUT2D eigenvalue weighted by Gasteiger charge is 2.27. The maximum absolute atomic E-state index is 12.0. The SMILES string of the molecule is CNC(=O)C(NC(=O)C(NC)C(C)C)C(C)C. The van der Waals surface area contributed by atoms with Crippen LogP contribution in [-0.2, 0) is 9.59 Å². The van der Waals surface area contributed by atoms with Crippen LogP contribution in [-0.4, -0.2) is 38.0 Å². The third kappa shape index (κ3) is 4.73. The van der Waals surface area contributed by atoms with Crippen molar-refractivity contribution in [2.75, 3.05) is 14.1 Å².